The zero-order chi connectivity index (χ0) is 30.9. The Morgan fingerprint density at radius 1 is 1.07 bits per heavy atom. The lowest BCUT2D eigenvalue weighted by Crippen LogP contribution is -2.64. The number of aliphatic hydroxyl groups is 2. The van der Waals surface area contributed by atoms with E-state index in [-0.39, 0.29) is 24.2 Å². The molecule has 0 aromatic carbocycles. The van der Waals surface area contributed by atoms with Crippen LogP contribution in [-0.2, 0) is 24.1 Å². The van der Waals surface area contributed by atoms with Crippen molar-refractivity contribution >= 4 is 16.4 Å². The number of carbonyl (C=O) groups excluding carboxylic acids is 1. The van der Waals surface area contributed by atoms with E-state index in [1.54, 1.807) is 0 Å². The molecule has 0 bridgehead atoms. The Hall–Kier alpha value is -1.26. The van der Waals surface area contributed by atoms with Gasteiger partial charge in [-0.1, -0.05) is 66.2 Å². The quantitative estimate of drug-likeness (QED) is 0.186. The summed E-state index contributed by atoms with van der Waals surface area (Å²) in [6.45, 7) is 20.2. The van der Waals surface area contributed by atoms with Crippen molar-refractivity contribution in [3.63, 3.8) is 0 Å². The van der Waals surface area contributed by atoms with Gasteiger partial charge in [-0.3, -0.25) is 9.35 Å². The highest BCUT2D eigenvalue weighted by Crippen LogP contribution is 2.68. The molecule has 8 nitrogen and oxygen atoms in total. The van der Waals surface area contributed by atoms with Gasteiger partial charge in [-0.15, -0.1) is 0 Å². The third-order valence-electron chi connectivity index (χ3n) is 11.9. The molecule has 2 saturated carbocycles. The van der Waals surface area contributed by atoms with Crippen LogP contribution >= 0.6 is 0 Å². The van der Waals surface area contributed by atoms with Gasteiger partial charge in [0.1, 0.15) is 18.3 Å². The summed E-state index contributed by atoms with van der Waals surface area (Å²) in [5.74, 6) is 0.615. The molecule has 4 aliphatic rings. The number of rotatable bonds is 8. The molecule has 9 heteroatoms. The zero-order valence-electron chi connectivity index (χ0n) is 26.1. The topological polar surface area (TPSA) is 130 Å². The average Bonchev–Trinajstić information content (AvgIpc) is 3.19. The van der Waals surface area contributed by atoms with Crippen LogP contribution in [0.3, 0.4) is 0 Å². The second-order valence-electron chi connectivity index (χ2n) is 14.9. The molecule has 0 spiro atoms. The van der Waals surface area contributed by atoms with Crippen molar-refractivity contribution in [2.75, 3.05) is 0 Å². The molecule has 0 saturated heterocycles. The first-order valence-corrected chi connectivity index (χ1v) is 16.7. The molecule has 0 aromatic rings. The Kier molecular flexibility index (Phi) is 8.78. The van der Waals surface area contributed by atoms with Crippen molar-refractivity contribution in [3.8, 4) is 0 Å². The Bertz CT molecular complexity index is 1190. The number of fused-ring (bicyclic) bond motifs is 4. The summed E-state index contributed by atoms with van der Waals surface area (Å²) in [4.78, 5) is 12.5. The van der Waals surface area contributed by atoms with Gasteiger partial charge >= 0.3 is 16.4 Å². The van der Waals surface area contributed by atoms with Crippen molar-refractivity contribution in [1.29, 1.82) is 0 Å². The SMILES string of the molecule is C=C(CC[C@@H](C)[C@H]1CC[C@H]2C3=C(C(O)C(OC(C)=O)[C@]12C)[C@@]1(C)CC(O)C(OS(=O)(=O)O)C(C)(C)C1CC3)C(C)C. The number of carbonyl (C=O) groups is 1. The van der Waals surface area contributed by atoms with E-state index in [9.17, 15) is 28.0 Å². The molecule has 0 heterocycles. The number of hydrogen-bond acceptors (Lipinski definition) is 7. The summed E-state index contributed by atoms with van der Waals surface area (Å²) < 4.78 is 43.9. The number of hydrogen-bond donors (Lipinski definition) is 3. The van der Waals surface area contributed by atoms with Crippen LogP contribution in [0.2, 0.25) is 0 Å². The van der Waals surface area contributed by atoms with E-state index in [0.717, 1.165) is 44.1 Å². The highest BCUT2D eigenvalue weighted by Gasteiger charge is 2.67. The Morgan fingerprint density at radius 3 is 2.27 bits per heavy atom. The van der Waals surface area contributed by atoms with Crippen LogP contribution in [0.5, 0.6) is 0 Å². The first-order valence-electron chi connectivity index (χ1n) is 15.4. The summed E-state index contributed by atoms with van der Waals surface area (Å²) in [6.07, 6.45) is 1.46. The summed E-state index contributed by atoms with van der Waals surface area (Å²) in [5, 5.41) is 23.5. The maximum atomic E-state index is 12.5. The summed E-state index contributed by atoms with van der Waals surface area (Å²) >= 11 is 0. The molecule has 0 aromatic heterocycles. The Morgan fingerprint density at radius 2 is 1.71 bits per heavy atom. The molecule has 10 atom stereocenters. The van der Waals surface area contributed by atoms with E-state index in [1.165, 1.54) is 18.1 Å². The van der Waals surface area contributed by atoms with Crippen molar-refractivity contribution in [2.24, 2.45) is 45.8 Å². The van der Waals surface area contributed by atoms with E-state index in [1.807, 2.05) is 20.8 Å². The predicted octanol–water partition coefficient (Wildman–Crippen LogP) is 5.65. The molecule has 0 amide bonds. The first kappa shape index (κ1) is 32.6. The smallest absolute Gasteiger partial charge is 0.397 e. The van der Waals surface area contributed by atoms with Crippen LogP contribution < -0.4 is 0 Å². The van der Waals surface area contributed by atoms with Crippen LogP contribution in [0.25, 0.3) is 0 Å². The van der Waals surface area contributed by atoms with Gasteiger partial charge in [-0.2, -0.15) is 8.42 Å². The van der Waals surface area contributed by atoms with E-state index in [4.69, 9.17) is 8.92 Å². The minimum Gasteiger partial charge on any atom is -0.459 e. The number of allylic oxidation sites excluding steroid dienone is 2. The van der Waals surface area contributed by atoms with Crippen LogP contribution in [0, 0.1) is 45.8 Å². The molecule has 4 aliphatic carbocycles. The minimum atomic E-state index is -4.78. The fourth-order valence-electron chi connectivity index (χ4n) is 10.0. The van der Waals surface area contributed by atoms with Crippen molar-refractivity contribution < 1.29 is 36.9 Å². The number of ether oxygens (including phenoxy) is 1. The predicted molar refractivity (Wildman–Crippen MR) is 157 cm³/mol. The van der Waals surface area contributed by atoms with E-state index in [0.29, 0.717) is 11.8 Å². The molecular formula is C32H52O8S. The second-order valence-corrected chi connectivity index (χ2v) is 15.9. The van der Waals surface area contributed by atoms with Gasteiger partial charge in [0, 0.05) is 12.3 Å². The van der Waals surface area contributed by atoms with Gasteiger partial charge in [0.05, 0.1) is 6.10 Å². The third kappa shape index (κ3) is 5.47. The molecule has 234 valence electrons. The normalized spacial score (nSPS) is 40.9. The second kappa shape index (κ2) is 11.0. The molecule has 2 fully saturated rings. The van der Waals surface area contributed by atoms with Gasteiger partial charge in [-0.25, -0.2) is 4.18 Å². The molecule has 0 aliphatic heterocycles. The minimum absolute atomic E-state index is 0.135. The zero-order valence-corrected chi connectivity index (χ0v) is 27.0. The largest absolute Gasteiger partial charge is 0.459 e. The molecular weight excluding hydrogens is 544 g/mol. The summed E-state index contributed by atoms with van der Waals surface area (Å²) in [5.41, 5.74) is 1.37. The lowest BCUT2D eigenvalue weighted by atomic mass is 9.44. The molecule has 4 rings (SSSR count). The van der Waals surface area contributed by atoms with Gasteiger partial charge in [0.2, 0.25) is 0 Å². The van der Waals surface area contributed by atoms with Crippen LogP contribution in [-0.4, -0.2) is 53.6 Å². The van der Waals surface area contributed by atoms with Crippen LogP contribution in [0.1, 0.15) is 100 Å². The molecule has 41 heavy (non-hydrogen) atoms. The monoisotopic (exact) mass is 596 g/mol. The maximum Gasteiger partial charge on any atom is 0.397 e. The first-order chi connectivity index (χ1) is 18.8. The highest BCUT2D eigenvalue weighted by atomic mass is 32.3. The lowest BCUT2D eigenvalue weighted by Gasteiger charge is -2.63. The highest BCUT2D eigenvalue weighted by molar-refractivity contribution is 7.80. The fraction of sp³-hybridized carbons (Fsp3) is 0.844. The van der Waals surface area contributed by atoms with Crippen LogP contribution in [0.15, 0.2) is 23.3 Å². The van der Waals surface area contributed by atoms with Crippen molar-refractivity contribution in [1.82, 2.24) is 0 Å². The average molecular weight is 597 g/mol. The van der Waals surface area contributed by atoms with E-state index >= 15 is 0 Å². The Balaban J connectivity index is 1.76. The lowest BCUT2D eigenvalue weighted by molar-refractivity contribution is -0.183. The molecule has 3 N–H and O–H groups in total. The summed E-state index contributed by atoms with van der Waals surface area (Å²) in [7, 11) is -4.78. The van der Waals surface area contributed by atoms with Gasteiger partial charge in [-0.05, 0) is 90.9 Å². The number of esters is 1. The standard InChI is InChI=1S/C32H52O8S/c1-17(2)18(3)10-11-19(4)22-13-14-23-21-12-15-25-30(6,7)28(40-41(36,37)38)24(34)16-31(25,8)26(21)27(35)29(32(22,23)9)39-20(5)33/h17,19,22-25,27-29,34-35H,3,10-16H2,1-2,4-9H3,(H,36,37,38)/t19-,22-,23+,24?,25?,27?,28?,29?,31+,32-/m1/s1. The van der Waals surface area contributed by atoms with Gasteiger partial charge < -0.3 is 14.9 Å². The fourth-order valence-corrected chi connectivity index (χ4v) is 10.7. The summed E-state index contributed by atoms with van der Waals surface area (Å²) in [6, 6.07) is 0. The van der Waals surface area contributed by atoms with Gasteiger partial charge in [0.15, 0.2) is 0 Å². The molecule has 5 unspecified atom stereocenters. The van der Waals surface area contributed by atoms with E-state index in [2.05, 4.69) is 34.3 Å². The van der Waals surface area contributed by atoms with Gasteiger partial charge in [0.25, 0.3) is 0 Å². The third-order valence-corrected chi connectivity index (χ3v) is 12.4. The Labute approximate surface area is 246 Å². The number of aliphatic hydroxyl groups excluding tert-OH is 2. The molecule has 0 radical (unpaired) electrons. The van der Waals surface area contributed by atoms with Crippen molar-refractivity contribution in [3.05, 3.63) is 23.3 Å². The van der Waals surface area contributed by atoms with Crippen molar-refractivity contribution in [2.45, 2.75) is 125 Å². The van der Waals surface area contributed by atoms with Crippen LogP contribution in [0.4, 0.5) is 0 Å². The maximum absolute atomic E-state index is 12.5. The van der Waals surface area contributed by atoms with E-state index < -0.39 is 57.0 Å².